The van der Waals surface area contributed by atoms with E-state index in [9.17, 15) is 22.4 Å². The predicted octanol–water partition coefficient (Wildman–Crippen LogP) is 3.71. The molecule has 0 fully saturated rings. The number of rotatable bonds is 2. The molecule has 2 aromatic rings. The highest BCUT2D eigenvalue weighted by Crippen LogP contribution is 2.35. The van der Waals surface area contributed by atoms with Gasteiger partial charge in [-0.15, -0.1) is 0 Å². The Morgan fingerprint density at radius 1 is 1.29 bits per heavy atom. The number of amides is 1. The first kappa shape index (κ1) is 18.3. The fraction of sp³-hybridized carbons (Fsp3) is 0.333. The summed E-state index contributed by atoms with van der Waals surface area (Å²) in [7, 11) is 0. The standard InChI is InChI=1S/C15H13F4N3O.H2S/c1-9-8-21(14(23)13-4-5-20-22(9)13)11-2-3-12(15(17,18)19)10(6-11)7-16;/h2-6,9H,7-8H2,1H3;1H2/t9-;/m0./s1. The largest absolute Gasteiger partial charge is 0.416 e. The normalized spacial score (nSPS) is 17.5. The number of nitrogens with zero attached hydrogens (tertiary/aromatic N) is 3. The molecule has 1 aliphatic rings. The molecule has 3 rings (SSSR count). The number of aromatic nitrogens is 2. The van der Waals surface area contributed by atoms with Gasteiger partial charge in [0.2, 0.25) is 0 Å². The second-order valence-electron chi connectivity index (χ2n) is 5.40. The minimum atomic E-state index is -4.63. The van der Waals surface area contributed by atoms with Gasteiger partial charge < -0.3 is 4.90 Å². The maximum Gasteiger partial charge on any atom is 0.416 e. The molecule has 0 bridgehead atoms. The first-order valence-corrected chi connectivity index (χ1v) is 6.94. The number of carbonyl (C=O) groups is 1. The van der Waals surface area contributed by atoms with Gasteiger partial charge >= 0.3 is 6.18 Å². The molecule has 1 aliphatic heterocycles. The Morgan fingerprint density at radius 2 is 2.00 bits per heavy atom. The molecule has 1 atom stereocenters. The molecule has 0 radical (unpaired) electrons. The van der Waals surface area contributed by atoms with Crippen LogP contribution in [-0.2, 0) is 12.9 Å². The zero-order valence-electron chi connectivity index (χ0n) is 12.6. The van der Waals surface area contributed by atoms with Gasteiger partial charge in [0.25, 0.3) is 5.91 Å². The van der Waals surface area contributed by atoms with Gasteiger partial charge in [0.15, 0.2) is 0 Å². The van der Waals surface area contributed by atoms with Crippen LogP contribution in [-0.4, -0.2) is 22.2 Å². The SMILES string of the molecule is C[C@H]1CN(c2ccc(C(F)(F)F)c(CF)c2)C(=O)c2ccnn21.S. The highest BCUT2D eigenvalue weighted by molar-refractivity contribution is 7.59. The third kappa shape index (κ3) is 3.00. The van der Waals surface area contributed by atoms with Gasteiger partial charge in [-0.3, -0.25) is 9.48 Å². The maximum absolute atomic E-state index is 13.0. The fourth-order valence-corrected chi connectivity index (χ4v) is 2.76. The van der Waals surface area contributed by atoms with Crippen molar-refractivity contribution >= 4 is 25.1 Å². The van der Waals surface area contributed by atoms with Crippen molar-refractivity contribution in [2.45, 2.75) is 25.8 Å². The van der Waals surface area contributed by atoms with Crippen LogP contribution in [0.4, 0.5) is 23.2 Å². The van der Waals surface area contributed by atoms with E-state index in [0.717, 1.165) is 12.1 Å². The van der Waals surface area contributed by atoms with E-state index in [2.05, 4.69) is 5.10 Å². The molecule has 0 aliphatic carbocycles. The molecular formula is C15H15F4N3OS. The van der Waals surface area contributed by atoms with Gasteiger partial charge in [0.1, 0.15) is 12.4 Å². The van der Waals surface area contributed by atoms with E-state index >= 15 is 0 Å². The minimum Gasteiger partial charge on any atom is -0.305 e. The van der Waals surface area contributed by atoms with E-state index in [1.54, 1.807) is 10.7 Å². The highest BCUT2D eigenvalue weighted by Gasteiger charge is 2.35. The van der Waals surface area contributed by atoms with Crippen LogP contribution in [0.1, 0.15) is 34.6 Å². The van der Waals surface area contributed by atoms with Crippen LogP contribution in [0, 0.1) is 0 Å². The molecular weight excluding hydrogens is 346 g/mol. The summed E-state index contributed by atoms with van der Waals surface area (Å²) in [4.78, 5) is 13.8. The van der Waals surface area contributed by atoms with Crippen LogP contribution in [0.2, 0.25) is 0 Å². The molecule has 130 valence electrons. The first-order valence-electron chi connectivity index (χ1n) is 6.94. The van der Waals surface area contributed by atoms with Crippen molar-refractivity contribution < 1.29 is 22.4 Å². The molecule has 4 nitrogen and oxygen atoms in total. The molecule has 0 spiro atoms. The Labute approximate surface area is 142 Å². The van der Waals surface area contributed by atoms with Gasteiger partial charge in [-0.2, -0.15) is 31.8 Å². The smallest absolute Gasteiger partial charge is 0.305 e. The molecule has 1 aromatic heterocycles. The Hall–Kier alpha value is -2.03. The van der Waals surface area contributed by atoms with Crippen LogP contribution in [0.5, 0.6) is 0 Å². The minimum absolute atomic E-state index is 0. The number of hydrogen-bond acceptors (Lipinski definition) is 2. The average Bonchev–Trinajstić information content (AvgIpc) is 2.99. The fourth-order valence-electron chi connectivity index (χ4n) is 2.76. The quantitative estimate of drug-likeness (QED) is 0.765. The number of anilines is 1. The Kier molecular flexibility index (Phi) is 4.93. The Morgan fingerprint density at radius 3 is 2.62 bits per heavy atom. The van der Waals surface area contributed by atoms with Gasteiger partial charge in [-0.1, -0.05) is 0 Å². The average molecular weight is 361 g/mol. The van der Waals surface area contributed by atoms with Gasteiger partial charge in [0, 0.05) is 18.4 Å². The molecule has 24 heavy (non-hydrogen) atoms. The second kappa shape index (κ2) is 6.46. The topological polar surface area (TPSA) is 38.1 Å². The second-order valence-corrected chi connectivity index (χ2v) is 5.40. The van der Waals surface area contributed by atoms with Crippen LogP contribution >= 0.6 is 13.5 Å². The van der Waals surface area contributed by atoms with Crippen molar-refractivity contribution in [1.29, 1.82) is 0 Å². The number of halogens is 4. The van der Waals surface area contributed by atoms with Crippen molar-refractivity contribution in [3.63, 3.8) is 0 Å². The summed E-state index contributed by atoms with van der Waals surface area (Å²) in [5.74, 6) is -0.370. The summed E-state index contributed by atoms with van der Waals surface area (Å²) < 4.78 is 53.1. The van der Waals surface area contributed by atoms with Gasteiger partial charge in [0.05, 0.1) is 11.6 Å². The number of fused-ring (bicyclic) bond motifs is 1. The van der Waals surface area contributed by atoms with Crippen molar-refractivity contribution in [2.24, 2.45) is 0 Å². The van der Waals surface area contributed by atoms with E-state index < -0.39 is 24.0 Å². The summed E-state index contributed by atoms with van der Waals surface area (Å²) in [6.45, 7) is 0.846. The van der Waals surface area contributed by atoms with E-state index in [0.29, 0.717) is 5.69 Å². The van der Waals surface area contributed by atoms with Crippen LogP contribution in [0.25, 0.3) is 0 Å². The third-order valence-corrected chi connectivity index (χ3v) is 3.85. The molecule has 9 heteroatoms. The van der Waals surface area contributed by atoms with E-state index in [1.165, 1.54) is 17.2 Å². The summed E-state index contributed by atoms with van der Waals surface area (Å²) in [5.41, 5.74) is -0.902. The van der Waals surface area contributed by atoms with Crippen LogP contribution < -0.4 is 4.90 Å². The van der Waals surface area contributed by atoms with Crippen molar-refractivity contribution in [2.75, 3.05) is 11.4 Å². The van der Waals surface area contributed by atoms with Crippen molar-refractivity contribution in [1.82, 2.24) is 9.78 Å². The predicted molar refractivity (Wildman–Crippen MR) is 85.3 cm³/mol. The van der Waals surface area contributed by atoms with Crippen LogP contribution in [0.3, 0.4) is 0 Å². The number of carbonyl (C=O) groups excluding carboxylic acids is 1. The van der Waals surface area contributed by atoms with Gasteiger partial charge in [-0.05, 0) is 36.8 Å². The lowest BCUT2D eigenvalue weighted by atomic mass is 10.1. The lowest BCUT2D eigenvalue weighted by Gasteiger charge is -2.32. The number of hydrogen-bond donors (Lipinski definition) is 0. The van der Waals surface area contributed by atoms with Crippen molar-refractivity contribution in [3.8, 4) is 0 Å². The van der Waals surface area contributed by atoms with E-state index in [-0.39, 0.29) is 37.7 Å². The zero-order valence-corrected chi connectivity index (χ0v) is 13.6. The molecule has 1 amide bonds. The number of alkyl halides is 4. The monoisotopic (exact) mass is 361 g/mol. The summed E-state index contributed by atoms with van der Waals surface area (Å²) in [5, 5.41) is 4.06. The first-order chi connectivity index (χ1) is 10.8. The molecule has 0 N–H and O–H groups in total. The molecule has 0 saturated carbocycles. The maximum atomic E-state index is 13.0. The zero-order chi connectivity index (χ0) is 16.8. The lowest BCUT2D eigenvalue weighted by molar-refractivity contribution is -0.138. The third-order valence-electron chi connectivity index (χ3n) is 3.85. The van der Waals surface area contributed by atoms with E-state index in [1.807, 2.05) is 6.92 Å². The Balaban J connectivity index is 0.00000208. The highest BCUT2D eigenvalue weighted by atomic mass is 32.1. The number of benzene rings is 1. The summed E-state index contributed by atoms with van der Waals surface area (Å²) in [6, 6.07) is 4.51. The summed E-state index contributed by atoms with van der Waals surface area (Å²) >= 11 is 0. The molecule has 0 saturated heterocycles. The van der Waals surface area contributed by atoms with Crippen LogP contribution in [0.15, 0.2) is 30.5 Å². The molecule has 2 heterocycles. The molecule has 1 aromatic carbocycles. The Bertz CT molecular complexity index is 759. The molecule has 0 unspecified atom stereocenters. The summed E-state index contributed by atoms with van der Waals surface area (Å²) in [6.07, 6.45) is -3.13. The van der Waals surface area contributed by atoms with Crippen molar-refractivity contribution in [3.05, 3.63) is 47.3 Å². The van der Waals surface area contributed by atoms with E-state index in [4.69, 9.17) is 0 Å². The van der Waals surface area contributed by atoms with Gasteiger partial charge in [-0.25, -0.2) is 4.39 Å². The lowest BCUT2D eigenvalue weighted by Crippen LogP contribution is -2.42.